The molecule has 0 heterocycles. The molecule has 0 unspecified atom stereocenters. The summed E-state index contributed by atoms with van der Waals surface area (Å²) in [5.74, 6) is 11.8. The Morgan fingerprint density at radius 2 is 0.684 bits per heavy atom. The molecule has 0 nitrogen and oxygen atoms in total. The van der Waals surface area contributed by atoms with Gasteiger partial charge < -0.3 is 0 Å². The van der Waals surface area contributed by atoms with E-state index in [2.05, 4.69) is 23.7 Å². The van der Waals surface area contributed by atoms with Crippen molar-refractivity contribution in [2.75, 3.05) is 0 Å². The Labute approximate surface area is 214 Å². The van der Waals surface area contributed by atoms with Crippen LogP contribution >= 0.6 is 0 Å². The molecule has 0 saturated heterocycles. The topological polar surface area (TPSA) is 0 Å². The zero-order valence-electron chi connectivity index (χ0n) is 19.5. The Kier molecular flexibility index (Phi) is 6.35. The maximum atomic E-state index is 12.7. The normalized spacial score (nSPS) is 11.5. The Morgan fingerprint density at radius 1 is 0.368 bits per heavy atom. The van der Waals surface area contributed by atoms with E-state index in [1.165, 1.54) is 24.3 Å². The molecule has 6 heteroatoms. The minimum atomic E-state index is -4.38. The number of hydrogen-bond acceptors (Lipinski definition) is 0. The molecule has 38 heavy (non-hydrogen) atoms. The van der Waals surface area contributed by atoms with Crippen LogP contribution in [-0.4, -0.2) is 0 Å². The molecule has 186 valence electrons. The SMILES string of the molecule is FC(F)(F)c1ccc(C#Cc2ccc3c(ccc4cc(C#Cc5ccc(C(F)(F)F)cc5)ccc43)c2)cc1. The summed E-state index contributed by atoms with van der Waals surface area (Å²) in [6.07, 6.45) is -8.76. The second-order valence-corrected chi connectivity index (χ2v) is 8.59. The van der Waals surface area contributed by atoms with E-state index in [9.17, 15) is 26.3 Å². The Balaban J connectivity index is 1.38. The van der Waals surface area contributed by atoms with E-state index in [-0.39, 0.29) is 0 Å². The molecule has 0 amide bonds. The van der Waals surface area contributed by atoms with Gasteiger partial charge in [0.2, 0.25) is 0 Å². The van der Waals surface area contributed by atoms with Crippen LogP contribution in [0.2, 0.25) is 0 Å². The van der Waals surface area contributed by atoms with Gasteiger partial charge >= 0.3 is 12.4 Å². The van der Waals surface area contributed by atoms with Crippen LogP contribution in [-0.2, 0) is 12.4 Å². The van der Waals surface area contributed by atoms with Crippen LogP contribution in [0.15, 0.2) is 97.1 Å². The molecule has 0 atom stereocenters. The molecule has 5 aromatic carbocycles. The lowest BCUT2D eigenvalue weighted by Gasteiger charge is -2.06. The third-order valence-electron chi connectivity index (χ3n) is 5.96. The van der Waals surface area contributed by atoms with Crippen LogP contribution in [0.3, 0.4) is 0 Å². The fraction of sp³-hybridized carbons (Fsp3) is 0.0625. The number of hydrogen-bond donors (Lipinski definition) is 0. The molecule has 5 rings (SSSR count). The average molecular weight is 514 g/mol. The molecule has 0 N–H and O–H groups in total. The van der Waals surface area contributed by atoms with Crippen LogP contribution in [0.1, 0.15) is 33.4 Å². The largest absolute Gasteiger partial charge is 0.416 e. The lowest BCUT2D eigenvalue weighted by molar-refractivity contribution is -0.138. The van der Waals surface area contributed by atoms with Crippen molar-refractivity contribution in [2.45, 2.75) is 12.4 Å². The molecule has 0 bridgehead atoms. The summed E-state index contributed by atoms with van der Waals surface area (Å²) in [6.45, 7) is 0. The third kappa shape index (κ3) is 5.51. The Hall–Kier alpha value is -4.68. The van der Waals surface area contributed by atoms with Crippen LogP contribution in [0.4, 0.5) is 26.3 Å². The van der Waals surface area contributed by atoms with Crippen LogP contribution in [0, 0.1) is 23.7 Å². The van der Waals surface area contributed by atoms with Crippen molar-refractivity contribution in [1.29, 1.82) is 0 Å². The van der Waals surface area contributed by atoms with Gasteiger partial charge in [0.05, 0.1) is 11.1 Å². The molecule has 0 spiro atoms. The lowest BCUT2D eigenvalue weighted by atomic mass is 9.98. The number of rotatable bonds is 0. The second kappa shape index (κ2) is 9.65. The van der Waals surface area contributed by atoms with Crippen molar-refractivity contribution in [3.05, 3.63) is 130 Å². The molecule has 0 radical (unpaired) electrons. The maximum absolute atomic E-state index is 12.7. The number of halogens is 6. The van der Waals surface area contributed by atoms with Crippen LogP contribution in [0.5, 0.6) is 0 Å². The summed E-state index contributed by atoms with van der Waals surface area (Å²) in [4.78, 5) is 0. The van der Waals surface area contributed by atoms with Crippen molar-refractivity contribution in [2.24, 2.45) is 0 Å². The Bertz CT molecular complexity index is 1630. The first-order valence-corrected chi connectivity index (χ1v) is 11.4. The highest BCUT2D eigenvalue weighted by Crippen LogP contribution is 2.30. The third-order valence-corrected chi connectivity index (χ3v) is 5.96. The summed E-state index contributed by atoms with van der Waals surface area (Å²) in [7, 11) is 0. The molecule has 0 fully saturated rings. The van der Waals surface area contributed by atoms with E-state index in [0.717, 1.165) is 56.9 Å². The predicted molar refractivity (Wildman–Crippen MR) is 136 cm³/mol. The average Bonchev–Trinajstić information content (AvgIpc) is 2.90. The first kappa shape index (κ1) is 25.0. The van der Waals surface area contributed by atoms with Crippen molar-refractivity contribution in [3.8, 4) is 23.7 Å². The number of alkyl halides is 6. The van der Waals surface area contributed by atoms with Gasteiger partial charge in [0.1, 0.15) is 0 Å². The summed E-state index contributed by atoms with van der Waals surface area (Å²) in [5.41, 5.74) is 1.01. The molecule has 0 saturated carbocycles. The predicted octanol–water partition coefficient (Wildman–Crippen LogP) is 8.83. The van der Waals surface area contributed by atoms with E-state index in [0.29, 0.717) is 11.1 Å². The van der Waals surface area contributed by atoms with Crippen LogP contribution in [0.25, 0.3) is 21.5 Å². The van der Waals surface area contributed by atoms with Gasteiger partial charge in [-0.05, 0) is 94.3 Å². The zero-order chi connectivity index (χ0) is 26.9. The second-order valence-electron chi connectivity index (χ2n) is 8.59. The van der Waals surface area contributed by atoms with Crippen molar-refractivity contribution in [3.63, 3.8) is 0 Å². The van der Waals surface area contributed by atoms with E-state index < -0.39 is 23.5 Å². The standard InChI is InChI=1S/C32H16F6/c33-31(34,35)27-13-5-21(6-14-27)1-3-23-9-17-29-25(19-23)11-12-26-20-24(10-18-30(26)29)4-2-22-7-15-28(16-8-22)32(36,37)38/h5-20H. The van der Waals surface area contributed by atoms with E-state index in [4.69, 9.17) is 0 Å². The van der Waals surface area contributed by atoms with E-state index in [1.807, 2.05) is 48.5 Å². The van der Waals surface area contributed by atoms with Crippen molar-refractivity contribution < 1.29 is 26.3 Å². The molecule has 0 aliphatic heterocycles. The fourth-order valence-corrected chi connectivity index (χ4v) is 4.00. The molecule has 5 aromatic rings. The minimum absolute atomic E-state index is 0.488. The summed E-state index contributed by atoms with van der Waals surface area (Å²) in [6, 6.07) is 24.8. The quantitative estimate of drug-likeness (QED) is 0.110. The van der Waals surface area contributed by atoms with E-state index >= 15 is 0 Å². The molecule has 0 aliphatic carbocycles. The Morgan fingerprint density at radius 3 is 1.03 bits per heavy atom. The van der Waals surface area contributed by atoms with Crippen molar-refractivity contribution >= 4 is 21.5 Å². The first-order valence-electron chi connectivity index (χ1n) is 11.4. The summed E-state index contributed by atoms with van der Waals surface area (Å²) >= 11 is 0. The molecule has 0 aliphatic rings. The smallest absolute Gasteiger partial charge is 0.166 e. The van der Waals surface area contributed by atoms with Gasteiger partial charge in [0.15, 0.2) is 0 Å². The number of fused-ring (bicyclic) bond motifs is 3. The van der Waals surface area contributed by atoms with Gasteiger partial charge in [-0.3, -0.25) is 0 Å². The van der Waals surface area contributed by atoms with Gasteiger partial charge in [-0.25, -0.2) is 0 Å². The van der Waals surface area contributed by atoms with E-state index in [1.54, 1.807) is 0 Å². The first-order chi connectivity index (χ1) is 18.1. The van der Waals surface area contributed by atoms with Gasteiger partial charge in [-0.15, -0.1) is 0 Å². The highest BCUT2D eigenvalue weighted by atomic mass is 19.4. The summed E-state index contributed by atoms with van der Waals surface area (Å²) in [5, 5.41) is 3.93. The van der Waals surface area contributed by atoms with Gasteiger partial charge in [0, 0.05) is 22.3 Å². The highest BCUT2D eigenvalue weighted by molar-refractivity contribution is 6.08. The summed E-state index contributed by atoms with van der Waals surface area (Å²) < 4.78 is 76.4. The maximum Gasteiger partial charge on any atom is 0.416 e. The molecular formula is C32H16F6. The fourth-order valence-electron chi connectivity index (χ4n) is 4.00. The lowest BCUT2D eigenvalue weighted by Crippen LogP contribution is -2.04. The molecular weight excluding hydrogens is 498 g/mol. The minimum Gasteiger partial charge on any atom is -0.166 e. The van der Waals surface area contributed by atoms with Crippen molar-refractivity contribution in [1.82, 2.24) is 0 Å². The monoisotopic (exact) mass is 514 g/mol. The van der Waals surface area contributed by atoms with Gasteiger partial charge in [-0.2, -0.15) is 26.3 Å². The van der Waals surface area contributed by atoms with Gasteiger partial charge in [-0.1, -0.05) is 47.9 Å². The zero-order valence-corrected chi connectivity index (χ0v) is 19.5. The number of benzene rings is 5. The van der Waals surface area contributed by atoms with Gasteiger partial charge in [0.25, 0.3) is 0 Å². The van der Waals surface area contributed by atoms with Crippen LogP contribution < -0.4 is 0 Å². The highest BCUT2D eigenvalue weighted by Gasteiger charge is 2.30. The molecule has 0 aromatic heterocycles.